The lowest BCUT2D eigenvalue weighted by Gasteiger charge is -2.15. The minimum absolute atomic E-state index is 0.0703. The lowest BCUT2D eigenvalue weighted by molar-refractivity contribution is 0.0568. The van der Waals surface area contributed by atoms with E-state index in [0.717, 1.165) is 0 Å². The molecule has 0 amide bonds. The molecular formula is C10H22O4. The highest BCUT2D eigenvalue weighted by Crippen LogP contribution is 2.10. The summed E-state index contributed by atoms with van der Waals surface area (Å²) in [5.41, 5.74) is 0. The molecule has 0 spiro atoms. The molecule has 0 saturated carbocycles. The first-order valence-electron chi connectivity index (χ1n) is 5.21. The molecule has 0 saturated heterocycles. The van der Waals surface area contributed by atoms with E-state index in [1.807, 2.05) is 0 Å². The summed E-state index contributed by atoms with van der Waals surface area (Å²) < 4.78 is 0. The molecule has 0 rings (SSSR count). The summed E-state index contributed by atoms with van der Waals surface area (Å²) in [4.78, 5) is 0. The monoisotopic (exact) mass is 206 g/mol. The smallest absolute Gasteiger partial charge is 0.0565 e. The van der Waals surface area contributed by atoms with Crippen molar-refractivity contribution in [2.75, 3.05) is 6.61 Å². The zero-order valence-electron chi connectivity index (χ0n) is 8.76. The van der Waals surface area contributed by atoms with Crippen LogP contribution in [-0.4, -0.2) is 45.3 Å². The Bertz CT molecular complexity index is 127. The van der Waals surface area contributed by atoms with E-state index in [2.05, 4.69) is 0 Å². The largest absolute Gasteiger partial charge is 0.396 e. The highest BCUT2D eigenvalue weighted by atomic mass is 16.3. The molecule has 0 aliphatic carbocycles. The maximum Gasteiger partial charge on any atom is 0.0565 e. The molecule has 0 fully saturated rings. The topological polar surface area (TPSA) is 80.9 Å². The van der Waals surface area contributed by atoms with Crippen LogP contribution < -0.4 is 0 Å². The van der Waals surface area contributed by atoms with Crippen LogP contribution >= 0.6 is 0 Å². The first kappa shape index (κ1) is 13.8. The number of aliphatic hydroxyl groups is 4. The second-order valence-electron chi connectivity index (χ2n) is 3.84. The van der Waals surface area contributed by atoms with Gasteiger partial charge in [0.25, 0.3) is 0 Å². The standard InChI is InChI=1S/C10H22O4/c1-8(12)4-5-10(14)7-9(13)3-2-6-11/h8-14H,2-7H2,1H3. The van der Waals surface area contributed by atoms with Gasteiger partial charge in [-0.1, -0.05) is 0 Å². The highest BCUT2D eigenvalue weighted by molar-refractivity contribution is 4.65. The van der Waals surface area contributed by atoms with Gasteiger partial charge in [0.1, 0.15) is 0 Å². The highest BCUT2D eigenvalue weighted by Gasteiger charge is 2.12. The number of aliphatic hydroxyl groups excluding tert-OH is 4. The van der Waals surface area contributed by atoms with Crippen LogP contribution in [0, 0.1) is 0 Å². The van der Waals surface area contributed by atoms with Crippen LogP contribution in [0.1, 0.15) is 39.0 Å². The van der Waals surface area contributed by atoms with Crippen LogP contribution in [-0.2, 0) is 0 Å². The molecule has 3 atom stereocenters. The maximum absolute atomic E-state index is 9.43. The quantitative estimate of drug-likeness (QED) is 0.452. The molecular weight excluding hydrogens is 184 g/mol. The van der Waals surface area contributed by atoms with Crippen molar-refractivity contribution in [1.29, 1.82) is 0 Å². The van der Waals surface area contributed by atoms with Crippen LogP contribution in [0.25, 0.3) is 0 Å². The van der Waals surface area contributed by atoms with Gasteiger partial charge in [-0.25, -0.2) is 0 Å². The summed E-state index contributed by atoms with van der Waals surface area (Å²) in [7, 11) is 0. The molecule has 86 valence electrons. The molecule has 0 aliphatic rings. The van der Waals surface area contributed by atoms with Crippen molar-refractivity contribution >= 4 is 0 Å². The molecule has 0 bridgehead atoms. The Hall–Kier alpha value is -0.160. The Morgan fingerprint density at radius 3 is 2.00 bits per heavy atom. The van der Waals surface area contributed by atoms with Crippen molar-refractivity contribution in [2.24, 2.45) is 0 Å². The fraction of sp³-hybridized carbons (Fsp3) is 1.00. The van der Waals surface area contributed by atoms with E-state index in [0.29, 0.717) is 32.1 Å². The van der Waals surface area contributed by atoms with Crippen molar-refractivity contribution in [3.8, 4) is 0 Å². The predicted molar refractivity (Wildman–Crippen MR) is 53.9 cm³/mol. The molecule has 14 heavy (non-hydrogen) atoms. The first-order chi connectivity index (χ1) is 6.56. The predicted octanol–water partition coefficient (Wildman–Crippen LogP) is 0.0318. The maximum atomic E-state index is 9.43. The Labute approximate surface area is 85.2 Å². The summed E-state index contributed by atoms with van der Waals surface area (Å²) >= 11 is 0. The van der Waals surface area contributed by atoms with Crippen LogP contribution in [0.3, 0.4) is 0 Å². The fourth-order valence-electron chi connectivity index (χ4n) is 1.31. The Kier molecular flexibility index (Phi) is 8.08. The third kappa shape index (κ3) is 8.44. The zero-order chi connectivity index (χ0) is 11.0. The van der Waals surface area contributed by atoms with Crippen molar-refractivity contribution in [2.45, 2.75) is 57.3 Å². The number of hydrogen-bond acceptors (Lipinski definition) is 4. The van der Waals surface area contributed by atoms with Crippen molar-refractivity contribution in [1.82, 2.24) is 0 Å². The Balaban J connectivity index is 3.44. The molecule has 4 N–H and O–H groups in total. The van der Waals surface area contributed by atoms with E-state index in [-0.39, 0.29) is 6.61 Å². The van der Waals surface area contributed by atoms with Gasteiger partial charge in [-0.2, -0.15) is 0 Å². The third-order valence-electron chi connectivity index (χ3n) is 2.16. The molecule has 3 unspecified atom stereocenters. The van der Waals surface area contributed by atoms with Gasteiger partial charge < -0.3 is 20.4 Å². The summed E-state index contributed by atoms with van der Waals surface area (Å²) in [6, 6.07) is 0. The molecule has 0 aromatic carbocycles. The van der Waals surface area contributed by atoms with Gasteiger partial charge in [0.2, 0.25) is 0 Å². The lowest BCUT2D eigenvalue weighted by Crippen LogP contribution is -2.19. The molecule has 0 radical (unpaired) electrons. The second kappa shape index (κ2) is 8.17. The Morgan fingerprint density at radius 1 is 0.929 bits per heavy atom. The third-order valence-corrected chi connectivity index (χ3v) is 2.16. The number of hydrogen-bond donors (Lipinski definition) is 4. The minimum Gasteiger partial charge on any atom is -0.396 e. The van der Waals surface area contributed by atoms with E-state index in [1.54, 1.807) is 6.92 Å². The van der Waals surface area contributed by atoms with Gasteiger partial charge in [0.05, 0.1) is 18.3 Å². The summed E-state index contributed by atoms with van der Waals surface area (Å²) in [6.07, 6.45) is 0.949. The second-order valence-corrected chi connectivity index (χ2v) is 3.84. The van der Waals surface area contributed by atoms with Crippen LogP contribution in [0.15, 0.2) is 0 Å². The lowest BCUT2D eigenvalue weighted by atomic mass is 10.0. The van der Waals surface area contributed by atoms with Gasteiger partial charge in [-0.05, 0) is 39.0 Å². The Morgan fingerprint density at radius 2 is 1.50 bits per heavy atom. The molecule has 4 nitrogen and oxygen atoms in total. The van der Waals surface area contributed by atoms with E-state index >= 15 is 0 Å². The van der Waals surface area contributed by atoms with Crippen molar-refractivity contribution in [3.63, 3.8) is 0 Å². The van der Waals surface area contributed by atoms with E-state index in [4.69, 9.17) is 10.2 Å². The summed E-state index contributed by atoms with van der Waals surface area (Å²) in [5, 5.41) is 36.3. The number of rotatable bonds is 8. The fourth-order valence-corrected chi connectivity index (χ4v) is 1.31. The van der Waals surface area contributed by atoms with Crippen LogP contribution in [0.2, 0.25) is 0 Å². The van der Waals surface area contributed by atoms with Gasteiger partial charge in [0, 0.05) is 6.61 Å². The normalized spacial score (nSPS) is 17.8. The van der Waals surface area contributed by atoms with Gasteiger partial charge >= 0.3 is 0 Å². The zero-order valence-corrected chi connectivity index (χ0v) is 8.76. The van der Waals surface area contributed by atoms with Crippen molar-refractivity contribution in [3.05, 3.63) is 0 Å². The van der Waals surface area contributed by atoms with Gasteiger partial charge in [-0.3, -0.25) is 0 Å². The van der Waals surface area contributed by atoms with E-state index < -0.39 is 18.3 Å². The molecule has 0 aliphatic heterocycles. The molecule has 0 heterocycles. The van der Waals surface area contributed by atoms with Crippen LogP contribution in [0.5, 0.6) is 0 Å². The van der Waals surface area contributed by atoms with Crippen LogP contribution in [0.4, 0.5) is 0 Å². The average Bonchev–Trinajstić information content (AvgIpc) is 2.11. The average molecular weight is 206 g/mol. The molecule has 0 aromatic rings. The summed E-state index contributed by atoms with van der Waals surface area (Å²) in [5.74, 6) is 0. The van der Waals surface area contributed by atoms with E-state index in [1.165, 1.54) is 0 Å². The molecule has 4 heteroatoms. The summed E-state index contributed by atoms with van der Waals surface area (Å²) in [6.45, 7) is 1.75. The first-order valence-corrected chi connectivity index (χ1v) is 5.21. The van der Waals surface area contributed by atoms with E-state index in [9.17, 15) is 10.2 Å². The molecule has 0 aromatic heterocycles. The van der Waals surface area contributed by atoms with Crippen molar-refractivity contribution < 1.29 is 20.4 Å². The minimum atomic E-state index is -0.557. The SMILES string of the molecule is CC(O)CCC(O)CC(O)CCCO. The van der Waals surface area contributed by atoms with Gasteiger partial charge in [0.15, 0.2) is 0 Å². The van der Waals surface area contributed by atoms with Gasteiger partial charge in [-0.15, -0.1) is 0 Å².